The smallest absolute Gasteiger partial charge is 0.548 e. The number of hydrogen-bond donors (Lipinski definition) is 4. The van der Waals surface area contributed by atoms with Crippen LogP contribution in [0.25, 0.3) is 0 Å². The van der Waals surface area contributed by atoms with Crippen molar-refractivity contribution >= 4 is 61.9 Å². The Kier molecular flexibility index (Phi) is 19.6. The first-order valence-corrected chi connectivity index (χ1v) is 8.14. The minimum Gasteiger partial charge on any atom is -0.548 e. The van der Waals surface area contributed by atoms with Gasteiger partial charge in [0, 0.05) is 0 Å². The van der Waals surface area contributed by atoms with Crippen LogP contribution in [0.3, 0.4) is 0 Å². The molecule has 0 aromatic heterocycles. The van der Waals surface area contributed by atoms with Crippen molar-refractivity contribution in [1.82, 2.24) is 10.6 Å². The Morgan fingerprint density at radius 1 is 0.767 bits per heavy atom. The SMILES string of the molecule is CC(C)(C)OC(=O)NC(CO)C(=O)[O-].CC(C)(C)OC(=O)NC(CO)C(=O)[O-].O.[Ca+2]. The van der Waals surface area contributed by atoms with E-state index in [0.717, 1.165) is 0 Å². The van der Waals surface area contributed by atoms with Crippen molar-refractivity contribution < 1.29 is 54.6 Å². The predicted molar refractivity (Wildman–Crippen MR) is 99.9 cm³/mol. The van der Waals surface area contributed by atoms with Crippen molar-refractivity contribution in [2.75, 3.05) is 13.2 Å². The van der Waals surface area contributed by atoms with Crippen LogP contribution in [0, 0.1) is 0 Å². The predicted octanol–water partition coefficient (Wildman–Crippen LogP) is -3.96. The van der Waals surface area contributed by atoms with Crippen LogP contribution in [0.15, 0.2) is 0 Å². The van der Waals surface area contributed by atoms with Gasteiger partial charge >= 0.3 is 49.9 Å². The fraction of sp³-hybridized carbons (Fsp3) is 0.750. The average molecular weight is 466 g/mol. The first-order valence-electron chi connectivity index (χ1n) is 8.14. The first kappa shape index (κ1) is 36.0. The molecule has 2 atom stereocenters. The number of nitrogens with one attached hydrogen (secondary N) is 2. The second kappa shape index (κ2) is 16.3. The normalized spacial score (nSPS) is 12.3. The summed E-state index contributed by atoms with van der Waals surface area (Å²) in [6.45, 7) is 8.36. The van der Waals surface area contributed by atoms with Crippen molar-refractivity contribution in [3.63, 3.8) is 0 Å². The van der Waals surface area contributed by atoms with Crippen molar-refractivity contribution in [1.29, 1.82) is 0 Å². The van der Waals surface area contributed by atoms with Crippen LogP contribution in [0.5, 0.6) is 0 Å². The summed E-state index contributed by atoms with van der Waals surface area (Å²) in [6.07, 6.45) is -1.80. The molecule has 0 aromatic carbocycles. The third-order valence-corrected chi connectivity index (χ3v) is 2.32. The number of ether oxygens (including phenoxy) is 2. The van der Waals surface area contributed by atoms with Gasteiger partial charge in [-0.25, -0.2) is 9.59 Å². The summed E-state index contributed by atoms with van der Waals surface area (Å²) < 4.78 is 9.54. The molecule has 2 amide bonds. The second-order valence-corrected chi connectivity index (χ2v) is 7.40. The van der Waals surface area contributed by atoms with Gasteiger partial charge in [0.2, 0.25) is 0 Å². The zero-order chi connectivity index (χ0) is 22.7. The molecule has 0 saturated carbocycles. The molecule has 13 nitrogen and oxygen atoms in total. The molecule has 0 aliphatic rings. The topological polar surface area (TPSA) is 229 Å². The zero-order valence-corrected chi connectivity index (χ0v) is 20.1. The number of aliphatic hydroxyl groups excluding tert-OH is 2. The summed E-state index contributed by atoms with van der Waals surface area (Å²) >= 11 is 0. The van der Waals surface area contributed by atoms with Gasteiger partial charge in [0.05, 0.1) is 37.2 Å². The number of carbonyl (C=O) groups is 4. The number of alkyl carbamates (subject to hydrolysis) is 2. The molecule has 0 fully saturated rings. The van der Waals surface area contributed by atoms with Crippen LogP contribution in [-0.2, 0) is 19.1 Å². The average Bonchev–Trinajstić information content (AvgIpc) is 2.46. The molecule has 0 aliphatic carbocycles. The number of hydrogen-bond acceptors (Lipinski definition) is 10. The van der Waals surface area contributed by atoms with E-state index < -0.39 is 60.6 Å². The molecule has 2 unspecified atom stereocenters. The van der Waals surface area contributed by atoms with Crippen LogP contribution >= 0.6 is 0 Å². The fourth-order valence-corrected chi connectivity index (χ4v) is 1.26. The van der Waals surface area contributed by atoms with E-state index in [4.69, 9.17) is 19.7 Å². The number of carbonyl (C=O) groups excluding carboxylic acids is 4. The van der Waals surface area contributed by atoms with Crippen LogP contribution < -0.4 is 20.8 Å². The summed E-state index contributed by atoms with van der Waals surface area (Å²) in [5.41, 5.74) is -1.42. The molecule has 0 aliphatic heterocycles. The quantitative estimate of drug-likeness (QED) is 0.277. The Morgan fingerprint density at radius 3 is 1.13 bits per heavy atom. The van der Waals surface area contributed by atoms with E-state index >= 15 is 0 Å². The van der Waals surface area contributed by atoms with Crippen molar-refractivity contribution in [2.24, 2.45) is 0 Å². The van der Waals surface area contributed by atoms with Gasteiger partial charge in [-0.15, -0.1) is 0 Å². The Bertz CT molecular complexity index is 496. The summed E-state index contributed by atoms with van der Waals surface area (Å²) in [7, 11) is 0. The Hall–Kier alpha value is -1.38. The molecule has 6 N–H and O–H groups in total. The van der Waals surface area contributed by atoms with E-state index in [1.165, 1.54) is 0 Å². The minimum atomic E-state index is -1.56. The van der Waals surface area contributed by atoms with Gasteiger partial charge in [0.15, 0.2) is 0 Å². The summed E-state index contributed by atoms with van der Waals surface area (Å²) in [5, 5.41) is 41.6. The molecular formula is C16H30CaN2O11. The summed E-state index contributed by atoms with van der Waals surface area (Å²) in [5.74, 6) is -3.11. The second-order valence-electron chi connectivity index (χ2n) is 7.40. The van der Waals surface area contributed by atoms with Crippen molar-refractivity contribution in [3.05, 3.63) is 0 Å². The van der Waals surface area contributed by atoms with Crippen LogP contribution in [0.4, 0.5) is 9.59 Å². The molecule has 0 radical (unpaired) electrons. The number of aliphatic hydroxyl groups is 2. The van der Waals surface area contributed by atoms with Gasteiger partial charge in [0.1, 0.15) is 11.2 Å². The molecule has 0 bridgehead atoms. The van der Waals surface area contributed by atoms with Crippen molar-refractivity contribution in [3.8, 4) is 0 Å². The Labute approximate surface area is 204 Å². The fourth-order valence-electron chi connectivity index (χ4n) is 1.26. The van der Waals surface area contributed by atoms with Gasteiger partial charge in [0.25, 0.3) is 0 Å². The standard InChI is InChI=1S/2C8H15NO5.Ca.H2O/c2*1-8(2,3)14-7(13)9-5(4-10)6(11)12;;/h2*5,10H,4H2,1-3H3,(H,9,13)(H,11,12);;1H2/q;;+2;/p-2. The van der Waals surface area contributed by atoms with Crippen LogP contribution in [-0.4, -0.2) is 114 Å². The maximum Gasteiger partial charge on any atom is 2.00 e. The Morgan fingerprint density at radius 2 is 1.00 bits per heavy atom. The minimum absolute atomic E-state index is 0. The van der Waals surface area contributed by atoms with Crippen molar-refractivity contribution in [2.45, 2.75) is 64.8 Å². The third kappa shape index (κ3) is 21.3. The van der Waals surface area contributed by atoms with Gasteiger partial charge in [-0.05, 0) is 41.5 Å². The summed E-state index contributed by atoms with van der Waals surface area (Å²) in [4.78, 5) is 42.6. The maximum atomic E-state index is 11.0. The van der Waals surface area contributed by atoms with E-state index in [2.05, 4.69) is 0 Å². The molecule has 30 heavy (non-hydrogen) atoms. The number of aliphatic carboxylic acids is 2. The molecule has 0 rings (SSSR count). The first-order chi connectivity index (χ1) is 12.5. The number of rotatable bonds is 6. The number of amides is 2. The molecule has 14 heteroatoms. The van der Waals surface area contributed by atoms with E-state index in [-0.39, 0.29) is 43.2 Å². The molecule has 0 saturated heterocycles. The molecule has 0 heterocycles. The van der Waals surface area contributed by atoms with Crippen LogP contribution in [0.2, 0.25) is 0 Å². The third-order valence-electron chi connectivity index (χ3n) is 2.32. The number of carboxylic acids is 2. The van der Waals surface area contributed by atoms with E-state index in [1.807, 2.05) is 10.6 Å². The van der Waals surface area contributed by atoms with E-state index in [9.17, 15) is 29.4 Å². The molecule has 0 aromatic rings. The maximum absolute atomic E-state index is 11.0. The summed E-state index contributed by atoms with van der Waals surface area (Å²) in [6, 6.07) is -2.88. The molecular weight excluding hydrogens is 436 g/mol. The largest absolute Gasteiger partial charge is 2.00 e. The zero-order valence-electron chi connectivity index (χ0n) is 17.9. The Balaban J connectivity index is -0.000000211. The van der Waals surface area contributed by atoms with Gasteiger partial charge in [-0.1, -0.05) is 0 Å². The van der Waals surface area contributed by atoms with Gasteiger partial charge in [-0.2, -0.15) is 0 Å². The molecule has 0 spiro atoms. The number of carboxylic acid groups (broad SMARTS) is 2. The molecule has 172 valence electrons. The van der Waals surface area contributed by atoms with Crippen LogP contribution in [0.1, 0.15) is 41.5 Å². The monoisotopic (exact) mass is 466 g/mol. The van der Waals surface area contributed by atoms with Gasteiger partial charge < -0.3 is 55.6 Å². The van der Waals surface area contributed by atoms with E-state index in [1.54, 1.807) is 41.5 Å². The van der Waals surface area contributed by atoms with Gasteiger partial charge in [-0.3, -0.25) is 0 Å². The van der Waals surface area contributed by atoms with E-state index in [0.29, 0.717) is 0 Å².